The maximum Gasteiger partial charge on any atom is 0.356 e. The van der Waals surface area contributed by atoms with Gasteiger partial charge in [-0.25, -0.2) is 22.9 Å². The molecule has 2 N–H and O–H groups in total. The van der Waals surface area contributed by atoms with E-state index in [2.05, 4.69) is 9.71 Å². The van der Waals surface area contributed by atoms with E-state index >= 15 is 0 Å². The highest BCUT2D eigenvalue weighted by Gasteiger charge is 2.25. The molecule has 2 aromatic rings. The van der Waals surface area contributed by atoms with E-state index in [9.17, 15) is 13.2 Å². The van der Waals surface area contributed by atoms with Crippen molar-refractivity contribution in [2.45, 2.75) is 24.1 Å². The molecule has 8 heteroatoms. The molecule has 0 saturated carbocycles. The average Bonchev–Trinajstić information content (AvgIpc) is 2.96. The summed E-state index contributed by atoms with van der Waals surface area (Å²) < 4.78 is 26.5. The summed E-state index contributed by atoms with van der Waals surface area (Å²) in [4.78, 5) is 14.5. The first-order chi connectivity index (χ1) is 9.95. The highest BCUT2D eigenvalue weighted by Crippen LogP contribution is 2.20. The van der Waals surface area contributed by atoms with Crippen LogP contribution in [0.1, 0.15) is 28.5 Å². The fourth-order valence-corrected chi connectivity index (χ4v) is 4.07. The third kappa shape index (κ3) is 3.46. The lowest BCUT2D eigenvalue weighted by atomic mass is 10.1. The third-order valence-corrected chi connectivity index (χ3v) is 5.70. The number of benzene rings is 1. The zero-order chi connectivity index (χ0) is 15.5. The van der Waals surface area contributed by atoms with Gasteiger partial charge in [0.1, 0.15) is 0 Å². The quantitative estimate of drug-likeness (QED) is 0.845. The highest BCUT2D eigenvalue weighted by molar-refractivity contribution is 7.91. The van der Waals surface area contributed by atoms with Crippen LogP contribution in [0.25, 0.3) is 0 Å². The Morgan fingerprint density at radius 1 is 1.33 bits per heavy atom. The minimum Gasteiger partial charge on any atom is -0.476 e. The molecule has 0 bridgehead atoms. The zero-order valence-electron chi connectivity index (χ0n) is 11.2. The standard InChI is InChI=1S/C13H14N2O4S2/c1-2-9-5-3-4-6-10(9)7-15-21(18,19)13-11(12(16)17)14-8-20-13/h3-6,8,15H,2,7H2,1H3,(H,16,17). The number of aryl methyl sites for hydroxylation is 1. The molecule has 112 valence electrons. The van der Waals surface area contributed by atoms with Crippen LogP contribution in [0, 0.1) is 0 Å². The summed E-state index contributed by atoms with van der Waals surface area (Å²) in [6.45, 7) is 2.10. The normalized spacial score (nSPS) is 11.5. The van der Waals surface area contributed by atoms with Gasteiger partial charge in [-0.15, -0.1) is 11.3 Å². The molecule has 0 aliphatic heterocycles. The van der Waals surface area contributed by atoms with Gasteiger partial charge in [0.25, 0.3) is 10.0 Å². The molecular formula is C13H14N2O4S2. The van der Waals surface area contributed by atoms with Crippen molar-refractivity contribution in [3.63, 3.8) is 0 Å². The lowest BCUT2D eigenvalue weighted by molar-refractivity contribution is 0.0687. The molecule has 0 amide bonds. The molecular weight excluding hydrogens is 312 g/mol. The monoisotopic (exact) mass is 326 g/mol. The largest absolute Gasteiger partial charge is 0.476 e. The predicted octanol–water partition coefficient (Wildman–Crippen LogP) is 1.88. The molecule has 1 aromatic heterocycles. The first-order valence-electron chi connectivity index (χ1n) is 6.19. The van der Waals surface area contributed by atoms with Crippen molar-refractivity contribution in [3.8, 4) is 0 Å². The molecule has 0 fully saturated rings. The van der Waals surface area contributed by atoms with Crippen LogP contribution in [0.2, 0.25) is 0 Å². The minimum atomic E-state index is -3.89. The summed E-state index contributed by atoms with van der Waals surface area (Å²) in [5.41, 5.74) is 2.67. The van der Waals surface area contributed by atoms with Crippen molar-refractivity contribution < 1.29 is 18.3 Å². The van der Waals surface area contributed by atoms with Crippen LogP contribution in [0.3, 0.4) is 0 Å². The van der Waals surface area contributed by atoms with Crippen LogP contribution in [0.15, 0.2) is 34.0 Å². The molecule has 0 unspecified atom stereocenters. The number of carboxylic acid groups (broad SMARTS) is 1. The number of rotatable bonds is 6. The summed E-state index contributed by atoms with van der Waals surface area (Å²) in [5.74, 6) is -1.36. The second kappa shape index (κ2) is 6.33. The van der Waals surface area contributed by atoms with Gasteiger partial charge in [0.05, 0.1) is 5.51 Å². The molecule has 0 radical (unpaired) electrons. The summed E-state index contributed by atoms with van der Waals surface area (Å²) >= 11 is 0.788. The molecule has 6 nitrogen and oxygen atoms in total. The number of carbonyl (C=O) groups is 1. The van der Waals surface area contributed by atoms with Crippen molar-refractivity contribution >= 4 is 27.3 Å². The second-order valence-electron chi connectivity index (χ2n) is 4.24. The first-order valence-corrected chi connectivity index (χ1v) is 8.55. The highest BCUT2D eigenvalue weighted by atomic mass is 32.2. The van der Waals surface area contributed by atoms with Crippen molar-refractivity contribution in [1.29, 1.82) is 0 Å². The smallest absolute Gasteiger partial charge is 0.356 e. The SMILES string of the molecule is CCc1ccccc1CNS(=O)(=O)c1scnc1C(=O)O. The molecule has 1 heterocycles. The Morgan fingerprint density at radius 2 is 2.00 bits per heavy atom. The van der Waals surface area contributed by atoms with Gasteiger partial charge in [-0.05, 0) is 17.5 Å². The predicted molar refractivity (Wildman–Crippen MR) is 78.9 cm³/mol. The fraction of sp³-hybridized carbons (Fsp3) is 0.231. The topological polar surface area (TPSA) is 96.4 Å². The van der Waals surface area contributed by atoms with Crippen molar-refractivity contribution in [1.82, 2.24) is 9.71 Å². The number of nitrogens with one attached hydrogen (secondary N) is 1. The van der Waals surface area contributed by atoms with Crippen molar-refractivity contribution in [2.24, 2.45) is 0 Å². The van der Waals surface area contributed by atoms with Crippen LogP contribution in [-0.4, -0.2) is 24.5 Å². The van der Waals surface area contributed by atoms with Gasteiger partial charge in [0.2, 0.25) is 0 Å². The maximum atomic E-state index is 12.2. The van der Waals surface area contributed by atoms with Gasteiger partial charge in [0, 0.05) is 6.54 Å². The number of carboxylic acids is 1. The van der Waals surface area contributed by atoms with E-state index < -0.39 is 21.7 Å². The van der Waals surface area contributed by atoms with Gasteiger partial charge in [-0.2, -0.15) is 0 Å². The maximum absolute atomic E-state index is 12.2. The number of aromatic carboxylic acids is 1. The van der Waals surface area contributed by atoms with Crippen LogP contribution in [0.5, 0.6) is 0 Å². The number of nitrogens with zero attached hydrogens (tertiary/aromatic N) is 1. The van der Waals surface area contributed by atoms with E-state index in [0.717, 1.165) is 28.9 Å². The molecule has 0 aliphatic rings. The van der Waals surface area contributed by atoms with E-state index in [1.54, 1.807) is 0 Å². The van der Waals surface area contributed by atoms with Gasteiger partial charge in [-0.3, -0.25) is 0 Å². The van der Waals surface area contributed by atoms with E-state index in [1.165, 1.54) is 5.51 Å². The molecule has 1 aromatic carbocycles. The zero-order valence-corrected chi connectivity index (χ0v) is 12.9. The van der Waals surface area contributed by atoms with Gasteiger partial charge in [0.15, 0.2) is 9.90 Å². The Bertz CT molecular complexity index is 753. The molecule has 0 aliphatic carbocycles. The lowest BCUT2D eigenvalue weighted by Gasteiger charge is -2.09. The third-order valence-electron chi connectivity index (χ3n) is 2.93. The van der Waals surface area contributed by atoms with E-state index in [1.807, 2.05) is 31.2 Å². The summed E-state index contributed by atoms with van der Waals surface area (Å²) in [6.07, 6.45) is 0.791. The van der Waals surface area contributed by atoms with Gasteiger partial charge >= 0.3 is 5.97 Å². The Balaban J connectivity index is 2.22. The summed E-state index contributed by atoms with van der Waals surface area (Å²) in [5, 5.41) is 8.94. The van der Waals surface area contributed by atoms with Crippen molar-refractivity contribution in [2.75, 3.05) is 0 Å². The van der Waals surface area contributed by atoms with E-state index in [0.29, 0.717) is 0 Å². The number of hydrogen-bond donors (Lipinski definition) is 2. The van der Waals surface area contributed by atoms with E-state index in [-0.39, 0.29) is 10.8 Å². The van der Waals surface area contributed by atoms with Crippen LogP contribution in [0.4, 0.5) is 0 Å². The number of thiazole rings is 1. The minimum absolute atomic E-state index is 0.114. The van der Waals surface area contributed by atoms with Crippen molar-refractivity contribution in [3.05, 3.63) is 46.6 Å². The summed E-state index contributed by atoms with van der Waals surface area (Å²) in [7, 11) is -3.89. The Morgan fingerprint density at radius 3 is 2.62 bits per heavy atom. The van der Waals surface area contributed by atoms with Gasteiger partial charge in [-0.1, -0.05) is 31.2 Å². The molecule has 2 rings (SSSR count). The number of sulfonamides is 1. The Kier molecular flexibility index (Phi) is 4.71. The van der Waals surface area contributed by atoms with Gasteiger partial charge < -0.3 is 5.11 Å². The summed E-state index contributed by atoms with van der Waals surface area (Å²) in [6, 6.07) is 7.49. The lowest BCUT2D eigenvalue weighted by Crippen LogP contribution is -2.24. The average molecular weight is 326 g/mol. The molecule has 21 heavy (non-hydrogen) atoms. The number of hydrogen-bond acceptors (Lipinski definition) is 5. The second-order valence-corrected chi connectivity index (χ2v) is 7.06. The van der Waals surface area contributed by atoms with Crippen LogP contribution >= 0.6 is 11.3 Å². The number of aromatic nitrogens is 1. The Labute approximate surface area is 126 Å². The fourth-order valence-electron chi connectivity index (χ4n) is 1.88. The Hall–Kier alpha value is -1.77. The van der Waals surface area contributed by atoms with Crippen LogP contribution in [-0.2, 0) is 23.0 Å². The molecule has 0 atom stereocenters. The molecule has 0 spiro atoms. The van der Waals surface area contributed by atoms with E-state index in [4.69, 9.17) is 5.11 Å². The molecule has 0 saturated heterocycles. The first kappa shape index (κ1) is 15.6. The van der Waals surface area contributed by atoms with Crippen LogP contribution < -0.4 is 4.72 Å².